The summed E-state index contributed by atoms with van der Waals surface area (Å²) in [6.45, 7) is 2.49. The fourth-order valence-electron chi connectivity index (χ4n) is 2.22. The van der Waals surface area contributed by atoms with Gasteiger partial charge in [0.15, 0.2) is 0 Å². The summed E-state index contributed by atoms with van der Waals surface area (Å²) in [6, 6.07) is 12.4. The van der Waals surface area contributed by atoms with E-state index in [1.165, 1.54) is 6.26 Å². The fourth-order valence-corrected chi connectivity index (χ4v) is 2.39. The molecule has 21 heavy (non-hydrogen) atoms. The number of fused-ring (bicyclic) bond motifs is 1. The number of hydrogen-bond acceptors (Lipinski definition) is 3. The van der Waals surface area contributed by atoms with Gasteiger partial charge in [-0.25, -0.2) is 0 Å². The van der Waals surface area contributed by atoms with Gasteiger partial charge in [0.05, 0.1) is 17.6 Å². The van der Waals surface area contributed by atoms with Gasteiger partial charge in [-0.15, -0.1) is 0 Å². The maximum Gasteiger partial charge on any atom is 0.200 e. The molecule has 0 radical (unpaired) electrons. The minimum atomic E-state index is -0.104. The molecule has 0 aliphatic rings. The highest BCUT2D eigenvalue weighted by molar-refractivity contribution is 6.31. The molecule has 0 bridgehead atoms. The van der Waals surface area contributed by atoms with Crippen molar-refractivity contribution < 1.29 is 9.15 Å². The van der Waals surface area contributed by atoms with E-state index in [4.69, 9.17) is 20.8 Å². The summed E-state index contributed by atoms with van der Waals surface area (Å²) in [5.41, 5.74) is 1.67. The van der Waals surface area contributed by atoms with E-state index in [0.717, 1.165) is 11.3 Å². The second-order valence-corrected chi connectivity index (χ2v) is 5.02. The Morgan fingerprint density at radius 3 is 2.86 bits per heavy atom. The molecular formula is C17H13ClO3. The van der Waals surface area contributed by atoms with E-state index in [2.05, 4.69) is 0 Å². The van der Waals surface area contributed by atoms with Crippen LogP contribution in [0.1, 0.15) is 6.92 Å². The molecule has 0 aliphatic carbocycles. The number of benzene rings is 2. The normalized spacial score (nSPS) is 10.8. The van der Waals surface area contributed by atoms with Gasteiger partial charge < -0.3 is 9.15 Å². The SMILES string of the molecule is CCOc1cccc(-c2coc3ccc(Cl)cc3c2=O)c1. The molecule has 0 spiro atoms. The zero-order valence-corrected chi connectivity index (χ0v) is 12.2. The van der Waals surface area contributed by atoms with E-state index in [1.807, 2.05) is 31.2 Å². The second-order valence-electron chi connectivity index (χ2n) is 4.58. The summed E-state index contributed by atoms with van der Waals surface area (Å²) in [6.07, 6.45) is 1.48. The summed E-state index contributed by atoms with van der Waals surface area (Å²) < 4.78 is 11.0. The Kier molecular flexibility index (Phi) is 3.67. The fraction of sp³-hybridized carbons (Fsp3) is 0.118. The molecule has 3 aromatic rings. The van der Waals surface area contributed by atoms with E-state index in [9.17, 15) is 4.79 Å². The molecule has 0 N–H and O–H groups in total. The average molecular weight is 301 g/mol. The van der Waals surface area contributed by atoms with Crippen LogP contribution in [0.4, 0.5) is 0 Å². The topological polar surface area (TPSA) is 39.4 Å². The lowest BCUT2D eigenvalue weighted by atomic mass is 10.1. The van der Waals surface area contributed by atoms with Crippen LogP contribution in [0.25, 0.3) is 22.1 Å². The van der Waals surface area contributed by atoms with Crippen LogP contribution in [0.15, 0.2) is 57.9 Å². The molecule has 4 heteroatoms. The molecule has 1 heterocycles. The number of ether oxygens (including phenoxy) is 1. The quantitative estimate of drug-likeness (QED) is 0.714. The molecular weight excluding hydrogens is 288 g/mol. The standard InChI is InChI=1S/C17H13ClO3/c1-2-20-13-5-3-4-11(8-13)15-10-21-16-7-6-12(18)9-14(16)17(15)19/h3-10H,2H2,1H3. The average Bonchev–Trinajstić information content (AvgIpc) is 2.49. The van der Waals surface area contributed by atoms with Crippen LogP contribution in [-0.2, 0) is 0 Å². The molecule has 3 rings (SSSR count). The number of halogens is 1. The maximum absolute atomic E-state index is 12.6. The van der Waals surface area contributed by atoms with Crippen LogP contribution in [0.2, 0.25) is 5.02 Å². The van der Waals surface area contributed by atoms with Crippen molar-refractivity contribution in [2.24, 2.45) is 0 Å². The van der Waals surface area contributed by atoms with Gasteiger partial charge in [0.25, 0.3) is 0 Å². The highest BCUT2D eigenvalue weighted by Crippen LogP contribution is 2.24. The van der Waals surface area contributed by atoms with Crippen molar-refractivity contribution in [2.75, 3.05) is 6.61 Å². The smallest absolute Gasteiger partial charge is 0.200 e. The van der Waals surface area contributed by atoms with E-state index in [-0.39, 0.29) is 5.43 Å². The lowest BCUT2D eigenvalue weighted by molar-refractivity contribution is 0.340. The summed E-state index contributed by atoms with van der Waals surface area (Å²) in [7, 11) is 0. The van der Waals surface area contributed by atoms with Crippen LogP contribution in [0.3, 0.4) is 0 Å². The van der Waals surface area contributed by atoms with Gasteiger partial charge in [0.2, 0.25) is 5.43 Å². The molecule has 0 fully saturated rings. The first kappa shape index (κ1) is 13.7. The monoisotopic (exact) mass is 300 g/mol. The van der Waals surface area contributed by atoms with Gasteiger partial charge in [-0.3, -0.25) is 4.79 Å². The van der Waals surface area contributed by atoms with Gasteiger partial charge in [-0.05, 0) is 42.8 Å². The predicted molar refractivity (Wildman–Crippen MR) is 84.1 cm³/mol. The van der Waals surface area contributed by atoms with Gasteiger partial charge >= 0.3 is 0 Å². The van der Waals surface area contributed by atoms with Crippen molar-refractivity contribution in [1.82, 2.24) is 0 Å². The van der Waals surface area contributed by atoms with Crippen molar-refractivity contribution in [2.45, 2.75) is 6.92 Å². The highest BCUT2D eigenvalue weighted by Gasteiger charge is 2.10. The van der Waals surface area contributed by atoms with Crippen LogP contribution in [0.5, 0.6) is 5.75 Å². The van der Waals surface area contributed by atoms with E-state index >= 15 is 0 Å². The minimum Gasteiger partial charge on any atom is -0.494 e. The van der Waals surface area contributed by atoms with E-state index in [1.54, 1.807) is 18.2 Å². The molecule has 2 aromatic carbocycles. The lowest BCUT2D eigenvalue weighted by Crippen LogP contribution is -2.04. The third-order valence-electron chi connectivity index (χ3n) is 3.19. The zero-order valence-electron chi connectivity index (χ0n) is 11.4. The summed E-state index contributed by atoms with van der Waals surface area (Å²) in [5.74, 6) is 0.723. The van der Waals surface area contributed by atoms with Gasteiger partial charge in [0.1, 0.15) is 17.6 Å². The highest BCUT2D eigenvalue weighted by atomic mass is 35.5. The predicted octanol–water partition coefficient (Wildman–Crippen LogP) is 4.51. The zero-order chi connectivity index (χ0) is 14.8. The molecule has 0 aliphatic heterocycles. The lowest BCUT2D eigenvalue weighted by Gasteiger charge is -2.06. The molecule has 106 valence electrons. The van der Waals surface area contributed by atoms with Crippen LogP contribution in [0, 0.1) is 0 Å². The molecule has 0 saturated carbocycles. The Balaban J connectivity index is 2.18. The van der Waals surface area contributed by atoms with Gasteiger partial charge in [-0.2, -0.15) is 0 Å². The van der Waals surface area contributed by atoms with Crippen molar-refractivity contribution in [1.29, 1.82) is 0 Å². The van der Waals surface area contributed by atoms with Crippen molar-refractivity contribution in [3.8, 4) is 16.9 Å². The summed E-state index contributed by atoms with van der Waals surface area (Å²) in [5, 5.41) is 0.983. The number of rotatable bonds is 3. The molecule has 1 aromatic heterocycles. The van der Waals surface area contributed by atoms with Crippen LogP contribution < -0.4 is 10.2 Å². The van der Waals surface area contributed by atoms with Gasteiger partial charge in [-0.1, -0.05) is 23.7 Å². The minimum absolute atomic E-state index is 0.104. The van der Waals surface area contributed by atoms with Crippen LogP contribution in [-0.4, -0.2) is 6.61 Å². The third-order valence-corrected chi connectivity index (χ3v) is 3.43. The summed E-state index contributed by atoms with van der Waals surface area (Å²) >= 11 is 5.95. The van der Waals surface area contributed by atoms with Crippen molar-refractivity contribution >= 4 is 22.6 Å². The van der Waals surface area contributed by atoms with E-state index in [0.29, 0.717) is 28.2 Å². The molecule has 0 unspecified atom stereocenters. The number of hydrogen-bond donors (Lipinski definition) is 0. The first-order valence-electron chi connectivity index (χ1n) is 6.63. The first-order chi connectivity index (χ1) is 10.2. The van der Waals surface area contributed by atoms with Gasteiger partial charge in [0, 0.05) is 5.02 Å². The van der Waals surface area contributed by atoms with Crippen molar-refractivity contribution in [3.63, 3.8) is 0 Å². The second kappa shape index (κ2) is 5.62. The molecule has 0 saturated heterocycles. The Morgan fingerprint density at radius 2 is 2.05 bits per heavy atom. The third kappa shape index (κ3) is 2.65. The Bertz CT molecular complexity index is 852. The summed E-state index contributed by atoms with van der Waals surface area (Å²) in [4.78, 5) is 12.6. The van der Waals surface area contributed by atoms with Crippen molar-refractivity contribution in [3.05, 3.63) is 64.0 Å². The Labute approximate surface area is 126 Å². The molecule has 0 atom stereocenters. The van der Waals surface area contributed by atoms with E-state index < -0.39 is 0 Å². The Morgan fingerprint density at radius 1 is 1.19 bits per heavy atom. The maximum atomic E-state index is 12.6. The largest absolute Gasteiger partial charge is 0.494 e. The Hall–Kier alpha value is -2.26. The molecule has 3 nitrogen and oxygen atoms in total. The van der Waals surface area contributed by atoms with Crippen LogP contribution >= 0.6 is 11.6 Å². The molecule has 0 amide bonds. The first-order valence-corrected chi connectivity index (χ1v) is 7.01.